The maximum atomic E-state index is 12.3. The Hall–Kier alpha value is -3.30. The van der Waals surface area contributed by atoms with Crippen LogP contribution in [-0.4, -0.2) is 87.3 Å². The number of fused-ring (bicyclic) bond motifs is 2. The van der Waals surface area contributed by atoms with Crippen molar-refractivity contribution < 1.29 is 47.0 Å². The van der Waals surface area contributed by atoms with E-state index in [-0.39, 0.29) is 45.8 Å². The number of hydrogen-bond acceptors (Lipinski definition) is 10. The summed E-state index contributed by atoms with van der Waals surface area (Å²) in [6.45, 7) is 35.4. The first-order chi connectivity index (χ1) is 27.1. The average Bonchev–Trinajstić information content (AvgIpc) is 3.83. The summed E-state index contributed by atoms with van der Waals surface area (Å²) in [7, 11) is -1.37. The second kappa shape index (κ2) is 16.1. The minimum Gasteiger partial charge on any atom is -0.443 e. The Morgan fingerprint density at radius 3 is 1.22 bits per heavy atom. The van der Waals surface area contributed by atoms with Crippen LogP contribution in [0.1, 0.15) is 125 Å². The predicted molar refractivity (Wildman–Crippen MR) is 240 cm³/mol. The van der Waals surface area contributed by atoms with Crippen molar-refractivity contribution in [1.82, 2.24) is 9.13 Å². The number of hydrogen-bond donors (Lipinski definition) is 0. The SMILES string of the molecule is CC(C)(C)OC(=O)n1ccc2cc(B3OC(C)(C)C(C)(C)O3)ccc21.CC(C)(C)OC(=O)n1ccc2cc(Cl)ccc21.CC1(C)OB(B2OC(C)(C)C(C)(C)O2)OC1(C)C. The van der Waals surface area contributed by atoms with Gasteiger partial charge in [0, 0.05) is 22.8 Å². The van der Waals surface area contributed by atoms with Crippen LogP contribution in [-0.2, 0) is 37.4 Å². The first-order valence-electron chi connectivity index (χ1n) is 20.6. The molecule has 7 rings (SSSR count). The van der Waals surface area contributed by atoms with E-state index < -0.39 is 32.3 Å². The van der Waals surface area contributed by atoms with Gasteiger partial charge in [-0.1, -0.05) is 23.7 Å². The molecule has 3 saturated heterocycles. The van der Waals surface area contributed by atoms with E-state index in [0.29, 0.717) is 5.02 Å². The fraction of sp³-hybridized carbons (Fsp3) is 0.591. The van der Waals surface area contributed by atoms with Crippen molar-refractivity contribution in [3.63, 3.8) is 0 Å². The number of benzene rings is 2. The molecule has 0 unspecified atom stereocenters. The Kier molecular flexibility index (Phi) is 12.8. The Balaban J connectivity index is 0.000000175. The molecular formula is C44H64B3ClN2O10. The highest BCUT2D eigenvalue weighted by molar-refractivity contribution is 7.11. The van der Waals surface area contributed by atoms with Gasteiger partial charge in [0.25, 0.3) is 0 Å². The summed E-state index contributed by atoms with van der Waals surface area (Å²) >= 11 is 5.89. The fourth-order valence-electron chi connectivity index (χ4n) is 6.34. The van der Waals surface area contributed by atoms with Crippen LogP contribution in [0.5, 0.6) is 0 Å². The van der Waals surface area contributed by atoms with Crippen LogP contribution in [0.25, 0.3) is 21.8 Å². The van der Waals surface area contributed by atoms with Gasteiger partial charge in [-0.2, -0.15) is 0 Å². The lowest BCUT2D eigenvalue weighted by molar-refractivity contribution is 0.00578. The lowest BCUT2D eigenvalue weighted by Gasteiger charge is -2.32. The van der Waals surface area contributed by atoms with E-state index in [4.69, 9.17) is 49.0 Å². The zero-order chi connectivity index (χ0) is 45.2. The molecule has 0 aliphatic carbocycles. The first-order valence-corrected chi connectivity index (χ1v) is 20.9. The van der Waals surface area contributed by atoms with Crippen molar-refractivity contribution in [2.75, 3.05) is 0 Å². The molecule has 4 aromatic rings. The molecule has 0 radical (unpaired) electrons. The van der Waals surface area contributed by atoms with Crippen molar-refractivity contribution in [3.05, 3.63) is 65.9 Å². The molecule has 16 heteroatoms. The lowest BCUT2D eigenvalue weighted by atomic mass is 9.49. The third-order valence-electron chi connectivity index (χ3n) is 11.8. The Bertz CT molecular complexity index is 2130. The Morgan fingerprint density at radius 2 is 0.850 bits per heavy atom. The number of aromatic nitrogens is 2. The highest BCUT2D eigenvalue weighted by Gasteiger charge is 2.63. The van der Waals surface area contributed by atoms with Crippen molar-refractivity contribution >= 4 is 72.2 Å². The van der Waals surface area contributed by atoms with E-state index >= 15 is 0 Å². The molecule has 60 heavy (non-hydrogen) atoms. The standard InChI is InChI=1S/C19H26BNO4.C13H14ClNO2.C12H24B2O4/c1-17(2,3)23-16(22)21-11-10-13-12-14(8-9-15(13)21)20-24-18(4,5)19(6,7)25-20;1-13(2,3)17-12(16)15-7-6-9-8-10(14)4-5-11(9)15;1-9(2)10(3,4)16-13(15-9)14-17-11(5,6)12(7,8)18-14/h8-12H,1-7H3;4-8H,1-3H3;1-8H3. The molecular weight excluding hydrogens is 784 g/mol. The minimum atomic E-state index is -0.531. The molecule has 326 valence electrons. The van der Waals surface area contributed by atoms with Gasteiger partial charge >= 0.3 is 33.3 Å². The molecule has 0 bridgehead atoms. The Morgan fingerprint density at radius 1 is 0.517 bits per heavy atom. The molecule has 3 aliphatic heterocycles. The van der Waals surface area contributed by atoms with Crippen LogP contribution in [0.3, 0.4) is 0 Å². The first kappa shape index (κ1) is 47.7. The molecule has 3 fully saturated rings. The van der Waals surface area contributed by atoms with Gasteiger partial charge in [0.15, 0.2) is 0 Å². The molecule has 2 aromatic heterocycles. The molecule has 0 saturated carbocycles. The molecule has 0 amide bonds. The van der Waals surface area contributed by atoms with Crippen LogP contribution in [0.15, 0.2) is 60.9 Å². The fourth-order valence-corrected chi connectivity index (χ4v) is 6.52. The number of carbonyl (C=O) groups excluding carboxylic acids is 2. The van der Waals surface area contributed by atoms with Gasteiger partial charge in [-0.3, -0.25) is 9.13 Å². The number of rotatable bonds is 2. The summed E-state index contributed by atoms with van der Waals surface area (Å²) in [4.78, 5) is 24.3. The normalized spacial score (nSPS) is 21.0. The van der Waals surface area contributed by atoms with E-state index in [2.05, 4.69) is 0 Å². The van der Waals surface area contributed by atoms with Crippen molar-refractivity contribution in [1.29, 1.82) is 0 Å². The summed E-state index contributed by atoms with van der Waals surface area (Å²) in [6, 6.07) is 15.0. The van der Waals surface area contributed by atoms with Gasteiger partial charge in [0.2, 0.25) is 0 Å². The highest BCUT2D eigenvalue weighted by atomic mass is 35.5. The van der Waals surface area contributed by atoms with Gasteiger partial charge in [0.05, 0.1) is 44.6 Å². The minimum absolute atomic E-state index is 0.360. The molecule has 0 spiro atoms. The quantitative estimate of drug-likeness (QED) is 0.181. The monoisotopic (exact) mass is 848 g/mol. The second-order valence-electron chi connectivity index (χ2n) is 20.7. The molecule has 12 nitrogen and oxygen atoms in total. The number of nitrogens with zero attached hydrogens (tertiary/aromatic N) is 2. The van der Waals surface area contributed by atoms with E-state index in [9.17, 15) is 9.59 Å². The lowest BCUT2D eigenvalue weighted by Crippen LogP contribution is -2.41. The topological polar surface area (TPSA) is 118 Å². The smallest absolute Gasteiger partial charge is 0.443 e. The van der Waals surface area contributed by atoms with Gasteiger partial charge in [-0.05, 0) is 172 Å². The third-order valence-corrected chi connectivity index (χ3v) is 12.1. The van der Waals surface area contributed by atoms with Gasteiger partial charge in [-0.15, -0.1) is 0 Å². The molecule has 2 aromatic carbocycles. The second-order valence-corrected chi connectivity index (χ2v) is 21.1. The number of ether oxygens (including phenoxy) is 2. The Labute approximate surface area is 362 Å². The summed E-state index contributed by atoms with van der Waals surface area (Å²) < 4.78 is 49.8. The molecule has 0 atom stereocenters. The summed E-state index contributed by atoms with van der Waals surface area (Å²) in [5.41, 5.74) is -0.697. The molecule has 5 heterocycles. The van der Waals surface area contributed by atoms with E-state index in [0.717, 1.165) is 27.3 Å². The van der Waals surface area contributed by atoms with Crippen molar-refractivity contribution in [3.8, 4) is 0 Å². The maximum Gasteiger partial charge on any atom is 0.494 e. The average molecular weight is 849 g/mol. The molecule has 3 aliphatic rings. The zero-order valence-electron chi connectivity index (χ0n) is 38.9. The summed E-state index contributed by atoms with van der Waals surface area (Å²) in [6.07, 6.45) is 2.66. The highest BCUT2D eigenvalue weighted by Crippen LogP contribution is 2.43. The largest absolute Gasteiger partial charge is 0.494 e. The van der Waals surface area contributed by atoms with E-state index in [1.54, 1.807) is 18.5 Å². The van der Waals surface area contributed by atoms with Crippen LogP contribution < -0.4 is 5.46 Å². The number of carbonyl (C=O) groups is 2. The van der Waals surface area contributed by atoms with Crippen molar-refractivity contribution in [2.24, 2.45) is 0 Å². The maximum absolute atomic E-state index is 12.3. The van der Waals surface area contributed by atoms with Gasteiger partial charge in [0.1, 0.15) is 11.2 Å². The molecule has 0 N–H and O–H groups in total. The zero-order valence-corrected chi connectivity index (χ0v) is 39.6. The number of halogens is 1. The van der Waals surface area contributed by atoms with E-state index in [1.807, 2.05) is 167 Å². The van der Waals surface area contributed by atoms with Crippen LogP contribution in [0, 0.1) is 0 Å². The van der Waals surface area contributed by atoms with E-state index in [1.165, 1.54) is 9.13 Å². The predicted octanol–water partition coefficient (Wildman–Crippen LogP) is 10.1. The summed E-state index contributed by atoms with van der Waals surface area (Å²) in [5.74, 6) is 0. The third kappa shape index (κ3) is 10.3. The summed E-state index contributed by atoms with van der Waals surface area (Å²) in [5, 5.41) is 2.51. The van der Waals surface area contributed by atoms with Crippen molar-refractivity contribution in [2.45, 2.75) is 169 Å². The van der Waals surface area contributed by atoms with Crippen LogP contribution >= 0.6 is 11.6 Å². The van der Waals surface area contributed by atoms with Crippen LogP contribution in [0.4, 0.5) is 9.59 Å². The van der Waals surface area contributed by atoms with Gasteiger partial charge < -0.3 is 37.4 Å². The van der Waals surface area contributed by atoms with Crippen LogP contribution in [0.2, 0.25) is 5.02 Å². The van der Waals surface area contributed by atoms with Gasteiger partial charge in [-0.25, -0.2) is 9.59 Å².